The van der Waals surface area contributed by atoms with Crippen LogP contribution < -0.4 is 11.1 Å². The molecule has 0 bridgehead atoms. The zero-order chi connectivity index (χ0) is 16.4. The first-order chi connectivity index (χ1) is 11.2. The number of aliphatic hydroxyl groups is 3. The molecule has 3 rings (SSSR count). The van der Waals surface area contributed by atoms with Gasteiger partial charge in [-0.1, -0.05) is 12.2 Å². The van der Waals surface area contributed by atoms with E-state index in [1.807, 2.05) is 16.7 Å². The Morgan fingerprint density at radius 3 is 2.70 bits per heavy atom. The lowest BCUT2D eigenvalue weighted by atomic mass is 10.1. The number of hydrogen-bond donors (Lipinski definition) is 5. The third-order valence-corrected chi connectivity index (χ3v) is 3.96. The normalized spacial score (nSPS) is 20.7. The summed E-state index contributed by atoms with van der Waals surface area (Å²) in [5.41, 5.74) is 6.87. The third-order valence-electron chi connectivity index (χ3n) is 3.96. The van der Waals surface area contributed by atoms with E-state index >= 15 is 0 Å². The molecule has 2 aromatic rings. The molecule has 9 heteroatoms. The van der Waals surface area contributed by atoms with Crippen molar-refractivity contribution in [3.63, 3.8) is 0 Å². The second-order valence-electron chi connectivity index (χ2n) is 5.59. The van der Waals surface area contributed by atoms with Crippen molar-refractivity contribution in [1.29, 1.82) is 0 Å². The number of aliphatic hydroxyl groups excluding tert-OH is 3. The van der Waals surface area contributed by atoms with Gasteiger partial charge in [0.05, 0.1) is 31.6 Å². The lowest BCUT2D eigenvalue weighted by Gasteiger charge is -2.15. The van der Waals surface area contributed by atoms with Crippen molar-refractivity contribution in [3.05, 3.63) is 18.5 Å². The summed E-state index contributed by atoms with van der Waals surface area (Å²) < 4.78 is 1.89. The molecule has 0 spiro atoms. The Kier molecular flexibility index (Phi) is 4.42. The molecule has 6 N–H and O–H groups in total. The van der Waals surface area contributed by atoms with Gasteiger partial charge in [-0.05, 0) is 6.42 Å². The van der Waals surface area contributed by atoms with Crippen LogP contribution in [0.5, 0.6) is 0 Å². The van der Waals surface area contributed by atoms with Crippen molar-refractivity contribution < 1.29 is 15.3 Å². The number of nitrogens with zero attached hydrogens (tertiary/aromatic N) is 4. The van der Waals surface area contributed by atoms with E-state index < -0.39 is 6.04 Å². The largest absolute Gasteiger partial charge is 0.396 e. The van der Waals surface area contributed by atoms with Crippen LogP contribution in [0.1, 0.15) is 12.5 Å². The number of anilines is 2. The average molecular weight is 320 g/mol. The molecule has 0 saturated heterocycles. The molecule has 124 valence electrons. The number of allylic oxidation sites excluding steroid dienone is 1. The molecule has 0 unspecified atom stereocenters. The minimum absolute atomic E-state index is 0.0470. The number of nitrogens with two attached hydrogens (primary N) is 1. The molecule has 2 aromatic heterocycles. The maximum atomic E-state index is 9.26. The highest BCUT2D eigenvalue weighted by atomic mass is 16.3. The quantitative estimate of drug-likeness (QED) is 0.439. The molecule has 0 aromatic carbocycles. The number of imidazole rings is 1. The smallest absolute Gasteiger partial charge is 0.224 e. The fraction of sp³-hybridized carbons (Fsp3) is 0.500. The van der Waals surface area contributed by atoms with Crippen LogP contribution in [0.2, 0.25) is 0 Å². The van der Waals surface area contributed by atoms with E-state index in [0.29, 0.717) is 17.0 Å². The van der Waals surface area contributed by atoms with Gasteiger partial charge in [0.25, 0.3) is 0 Å². The van der Waals surface area contributed by atoms with Gasteiger partial charge in [0.1, 0.15) is 0 Å². The summed E-state index contributed by atoms with van der Waals surface area (Å²) in [6, 6.07) is -0.506. The van der Waals surface area contributed by atoms with Crippen LogP contribution in [0.15, 0.2) is 18.5 Å². The number of fused-ring (bicyclic) bond motifs is 1. The summed E-state index contributed by atoms with van der Waals surface area (Å²) in [7, 11) is 0. The van der Waals surface area contributed by atoms with Crippen molar-refractivity contribution in [2.45, 2.75) is 18.5 Å². The zero-order valence-corrected chi connectivity index (χ0v) is 12.5. The topological polar surface area (TPSA) is 142 Å². The van der Waals surface area contributed by atoms with E-state index in [4.69, 9.17) is 5.73 Å². The summed E-state index contributed by atoms with van der Waals surface area (Å²) in [6.45, 7) is -0.378. The molecule has 2 atom stereocenters. The Morgan fingerprint density at radius 2 is 2.04 bits per heavy atom. The highest BCUT2D eigenvalue weighted by Crippen LogP contribution is 2.31. The molecule has 1 aliphatic carbocycles. The molecule has 0 amide bonds. The van der Waals surface area contributed by atoms with Crippen LogP contribution >= 0.6 is 0 Å². The van der Waals surface area contributed by atoms with E-state index in [-0.39, 0.29) is 37.7 Å². The summed E-state index contributed by atoms with van der Waals surface area (Å²) in [5.74, 6) is 0.583. The lowest BCUT2D eigenvalue weighted by Crippen LogP contribution is -2.28. The number of nitrogen functional groups attached to an aromatic ring is 1. The Hall–Kier alpha value is -2.23. The van der Waals surface area contributed by atoms with Gasteiger partial charge in [-0.2, -0.15) is 9.97 Å². The number of nitrogens with one attached hydrogen (secondary N) is 1. The van der Waals surface area contributed by atoms with E-state index in [2.05, 4.69) is 20.3 Å². The van der Waals surface area contributed by atoms with Crippen molar-refractivity contribution in [1.82, 2.24) is 19.5 Å². The second-order valence-corrected chi connectivity index (χ2v) is 5.59. The lowest BCUT2D eigenvalue weighted by molar-refractivity contribution is 0.203. The summed E-state index contributed by atoms with van der Waals surface area (Å²) in [6.07, 6.45) is 6.42. The first kappa shape index (κ1) is 15.7. The Morgan fingerprint density at radius 1 is 1.26 bits per heavy atom. The molecule has 0 radical (unpaired) electrons. The van der Waals surface area contributed by atoms with Gasteiger partial charge in [0.2, 0.25) is 5.95 Å². The van der Waals surface area contributed by atoms with Gasteiger partial charge >= 0.3 is 0 Å². The molecule has 2 heterocycles. The van der Waals surface area contributed by atoms with Crippen LogP contribution in [0.4, 0.5) is 11.8 Å². The summed E-state index contributed by atoms with van der Waals surface area (Å²) >= 11 is 0. The van der Waals surface area contributed by atoms with Crippen LogP contribution in [-0.2, 0) is 0 Å². The van der Waals surface area contributed by atoms with E-state index in [1.165, 1.54) is 0 Å². The highest BCUT2D eigenvalue weighted by molar-refractivity contribution is 5.84. The Balaban J connectivity index is 1.97. The number of rotatable bonds is 6. The first-order valence-corrected chi connectivity index (χ1v) is 7.43. The maximum absolute atomic E-state index is 9.26. The zero-order valence-electron chi connectivity index (χ0n) is 12.5. The van der Waals surface area contributed by atoms with Gasteiger partial charge in [0.15, 0.2) is 17.0 Å². The molecular weight excluding hydrogens is 300 g/mol. The van der Waals surface area contributed by atoms with Gasteiger partial charge in [-0.15, -0.1) is 0 Å². The SMILES string of the molecule is Nc1nc(NC(CO)CO)c2ncn([C@H]3C=C[C@@H](CO)C3)c2n1. The van der Waals surface area contributed by atoms with Crippen molar-refractivity contribution in [2.24, 2.45) is 5.92 Å². The first-order valence-electron chi connectivity index (χ1n) is 7.43. The van der Waals surface area contributed by atoms with E-state index in [0.717, 1.165) is 6.42 Å². The molecular formula is C14H20N6O3. The maximum Gasteiger partial charge on any atom is 0.224 e. The molecule has 9 nitrogen and oxygen atoms in total. The molecule has 0 saturated carbocycles. The van der Waals surface area contributed by atoms with E-state index in [1.54, 1.807) is 6.33 Å². The van der Waals surface area contributed by atoms with Crippen molar-refractivity contribution >= 4 is 22.9 Å². The van der Waals surface area contributed by atoms with Gasteiger partial charge in [0, 0.05) is 12.5 Å². The molecule has 0 aliphatic heterocycles. The Bertz CT molecular complexity index is 712. The van der Waals surface area contributed by atoms with E-state index in [9.17, 15) is 15.3 Å². The summed E-state index contributed by atoms with van der Waals surface area (Å²) in [5, 5.41) is 30.6. The van der Waals surface area contributed by atoms with Crippen LogP contribution in [-0.4, -0.2) is 60.7 Å². The standard InChI is InChI=1S/C14H20N6O3/c15-14-18-12(17-9(5-22)6-23)11-13(19-14)20(7-16-11)10-2-1-8(3-10)4-21/h1-2,7-10,21-23H,3-6H2,(H3,15,17,18,19)/t8-,10+/m1/s1. The average Bonchev–Trinajstić information content (AvgIpc) is 3.18. The van der Waals surface area contributed by atoms with Gasteiger partial charge in [-0.3, -0.25) is 0 Å². The van der Waals surface area contributed by atoms with Crippen molar-refractivity contribution in [2.75, 3.05) is 30.9 Å². The molecule has 1 aliphatic rings. The number of hydrogen-bond acceptors (Lipinski definition) is 8. The fourth-order valence-corrected chi connectivity index (χ4v) is 2.71. The number of aromatic nitrogens is 4. The van der Waals surface area contributed by atoms with Crippen LogP contribution in [0.25, 0.3) is 11.2 Å². The fourth-order valence-electron chi connectivity index (χ4n) is 2.71. The Labute approximate surface area is 132 Å². The highest BCUT2D eigenvalue weighted by Gasteiger charge is 2.23. The minimum atomic E-state index is -0.553. The van der Waals surface area contributed by atoms with Gasteiger partial charge in [-0.25, -0.2) is 4.98 Å². The predicted octanol–water partition coefficient (Wildman–Crippen LogP) is -0.717. The van der Waals surface area contributed by atoms with Crippen LogP contribution in [0.3, 0.4) is 0 Å². The minimum Gasteiger partial charge on any atom is -0.396 e. The predicted molar refractivity (Wildman–Crippen MR) is 84.7 cm³/mol. The molecule has 0 fully saturated rings. The molecule has 23 heavy (non-hydrogen) atoms. The third kappa shape index (κ3) is 2.98. The second kappa shape index (κ2) is 6.49. The van der Waals surface area contributed by atoms with Crippen LogP contribution in [0, 0.1) is 5.92 Å². The monoisotopic (exact) mass is 320 g/mol. The van der Waals surface area contributed by atoms with Gasteiger partial charge < -0.3 is 30.9 Å². The van der Waals surface area contributed by atoms with Crippen molar-refractivity contribution in [3.8, 4) is 0 Å². The summed E-state index contributed by atoms with van der Waals surface area (Å²) in [4.78, 5) is 12.7.